The highest BCUT2D eigenvalue weighted by Crippen LogP contribution is 2.41. The van der Waals surface area contributed by atoms with Gasteiger partial charge in [0.2, 0.25) is 0 Å². The van der Waals surface area contributed by atoms with E-state index >= 15 is 0 Å². The zero-order valence-electron chi connectivity index (χ0n) is 10.8. The highest BCUT2D eigenvalue weighted by atomic mass is 79.9. The first kappa shape index (κ1) is 12.2. The van der Waals surface area contributed by atoms with E-state index in [1.54, 1.807) is 18.4 Å². The molecule has 0 spiro atoms. The molecule has 0 aliphatic heterocycles. The SMILES string of the molecule is COc1ccc2c(c1)c1ccccc1c1cc(Br)sc21. The third-order valence-electron chi connectivity index (χ3n) is 3.68. The highest BCUT2D eigenvalue weighted by molar-refractivity contribution is 9.11. The lowest BCUT2D eigenvalue weighted by Crippen LogP contribution is -1.84. The van der Waals surface area contributed by atoms with Gasteiger partial charge in [-0.25, -0.2) is 0 Å². The van der Waals surface area contributed by atoms with Gasteiger partial charge < -0.3 is 4.74 Å². The van der Waals surface area contributed by atoms with E-state index in [1.807, 2.05) is 6.07 Å². The number of ether oxygens (including phenoxy) is 1. The Morgan fingerprint density at radius 2 is 1.60 bits per heavy atom. The number of fused-ring (bicyclic) bond motifs is 6. The molecule has 4 rings (SSSR count). The second-order valence-corrected chi connectivity index (χ2v) is 7.18. The number of thiophene rings is 1. The lowest BCUT2D eigenvalue weighted by molar-refractivity contribution is 0.415. The van der Waals surface area contributed by atoms with Crippen LogP contribution < -0.4 is 4.74 Å². The summed E-state index contributed by atoms with van der Waals surface area (Å²) in [4.78, 5) is 0. The molecule has 1 heterocycles. The van der Waals surface area contributed by atoms with Crippen LogP contribution in [-0.2, 0) is 0 Å². The van der Waals surface area contributed by atoms with Gasteiger partial charge in [0.15, 0.2) is 0 Å². The Morgan fingerprint density at radius 3 is 2.35 bits per heavy atom. The molecular weight excluding hydrogens is 332 g/mol. The van der Waals surface area contributed by atoms with Crippen molar-refractivity contribution in [2.24, 2.45) is 0 Å². The van der Waals surface area contributed by atoms with Crippen LogP contribution in [0.1, 0.15) is 0 Å². The summed E-state index contributed by atoms with van der Waals surface area (Å²) < 4.78 is 7.88. The number of rotatable bonds is 1. The molecule has 0 amide bonds. The topological polar surface area (TPSA) is 9.23 Å². The minimum Gasteiger partial charge on any atom is -0.497 e. The maximum Gasteiger partial charge on any atom is 0.119 e. The van der Waals surface area contributed by atoms with Gasteiger partial charge in [-0.3, -0.25) is 0 Å². The molecule has 20 heavy (non-hydrogen) atoms. The molecule has 0 fully saturated rings. The molecule has 0 aliphatic rings. The second kappa shape index (κ2) is 4.47. The highest BCUT2D eigenvalue weighted by Gasteiger charge is 2.11. The summed E-state index contributed by atoms with van der Waals surface area (Å²) in [6, 6.07) is 17.1. The average molecular weight is 343 g/mol. The van der Waals surface area contributed by atoms with Crippen molar-refractivity contribution >= 4 is 58.9 Å². The molecular formula is C17H11BrOS. The molecule has 0 N–H and O–H groups in total. The third-order valence-corrected chi connectivity index (χ3v) is 5.35. The fourth-order valence-corrected chi connectivity index (χ4v) is 4.44. The van der Waals surface area contributed by atoms with Crippen molar-refractivity contribution in [1.82, 2.24) is 0 Å². The number of hydrogen-bond donors (Lipinski definition) is 0. The first-order chi connectivity index (χ1) is 9.78. The Bertz CT molecular complexity index is 955. The molecule has 1 nitrogen and oxygen atoms in total. The van der Waals surface area contributed by atoms with E-state index in [1.165, 1.54) is 35.4 Å². The van der Waals surface area contributed by atoms with Gasteiger partial charge in [0.25, 0.3) is 0 Å². The predicted molar refractivity (Wildman–Crippen MR) is 91.1 cm³/mol. The quantitative estimate of drug-likeness (QED) is 0.386. The summed E-state index contributed by atoms with van der Waals surface area (Å²) in [5.41, 5.74) is 0. The maximum atomic E-state index is 5.38. The van der Waals surface area contributed by atoms with Crippen LogP contribution >= 0.6 is 27.3 Å². The number of halogens is 1. The molecule has 0 radical (unpaired) electrons. The van der Waals surface area contributed by atoms with Crippen LogP contribution in [0.4, 0.5) is 0 Å². The predicted octanol–water partition coefficient (Wildman–Crippen LogP) is 5.98. The lowest BCUT2D eigenvalue weighted by atomic mass is 9.99. The van der Waals surface area contributed by atoms with E-state index in [-0.39, 0.29) is 0 Å². The van der Waals surface area contributed by atoms with Crippen LogP contribution in [-0.4, -0.2) is 7.11 Å². The summed E-state index contributed by atoms with van der Waals surface area (Å²) in [6.07, 6.45) is 0. The molecule has 98 valence electrons. The van der Waals surface area contributed by atoms with Crippen LogP contribution in [0, 0.1) is 0 Å². The summed E-state index contributed by atoms with van der Waals surface area (Å²) in [7, 11) is 1.71. The van der Waals surface area contributed by atoms with Gasteiger partial charge in [-0.15, -0.1) is 11.3 Å². The van der Waals surface area contributed by atoms with Gasteiger partial charge in [0.1, 0.15) is 5.75 Å². The van der Waals surface area contributed by atoms with Crippen molar-refractivity contribution in [3.8, 4) is 5.75 Å². The Hall–Kier alpha value is -1.58. The van der Waals surface area contributed by atoms with Crippen molar-refractivity contribution in [2.75, 3.05) is 7.11 Å². The lowest BCUT2D eigenvalue weighted by Gasteiger charge is -2.08. The van der Waals surface area contributed by atoms with E-state index < -0.39 is 0 Å². The van der Waals surface area contributed by atoms with Gasteiger partial charge in [0, 0.05) is 15.5 Å². The fraction of sp³-hybridized carbons (Fsp3) is 0.0588. The first-order valence-electron chi connectivity index (χ1n) is 6.35. The fourth-order valence-electron chi connectivity index (χ4n) is 2.79. The standard InChI is InChI=1S/C17H11BrOS/c1-19-10-6-7-13-14(8-10)11-4-2-3-5-12(11)15-9-16(18)20-17(13)15/h2-9H,1H3. The molecule has 3 heteroatoms. The van der Waals surface area contributed by atoms with Gasteiger partial charge in [-0.05, 0) is 56.4 Å². The average Bonchev–Trinajstić information content (AvgIpc) is 2.89. The van der Waals surface area contributed by atoms with Crippen molar-refractivity contribution < 1.29 is 4.74 Å². The molecule has 0 aliphatic carbocycles. The number of methoxy groups -OCH3 is 1. The second-order valence-electron chi connectivity index (χ2n) is 4.75. The van der Waals surface area contributed by atoms with Gasteiger partial charge in [0.05, 0.1) is 10.9 Å². The van der Waals surface area contributed by atoms with Gasteiger partial charge >= 0.3 is 0 Å². The van der Waals surface area contributed by atoms with E-state index in [0.29, 0.717) is 0 Å². The zero-order chi connectivity index (χ0) is 13.7. The van der Waals surface area contributed by atoms with Gasteiger partial charge in [-0.2, -0.15) is 0 Å². The minimum atomic E-state index is 0.901. The smallest absolute Gasteiger partial charge is 0.119 e. The summed E-state index contributed by atoms with van der Waals surface area (Å²) in [5, 5.41) is 6.43. The molecule has 0 bridgehead atoms. The van der Waals surface area contributed by atoms with Crippen LogP contribution in [0.3, 0.4) is 0 Å². The van der Waals surface area contributed by atoms with Crippen molar-refractivity contribution in [3.05, 3.63) is 52.3 Å². The Labute approximate surface area is 128 Å². The van der Waals surface area contributed by atoms with Crippen molar-refractivity contribution in [2.45, 2.75) is 0 Å². The Balaban J connectivity index is 2.34. The normalized spacial score (nSPS) is 11.5. The van der Waals surface area contributed by atoms with Crippen LogP contribution in [0.2, 0.25) is 0 Å². The molecule has 0 unspecified atom stereocenters. The van der Waals surface area contributed by atoms with Crippen LogP contribution in [0.5, 0.6) is 5.75 Å². The number of benzene rings is 3. The number of hydrogen-bond acceptors (Lipinski definition) is 2. The minimum absolute atomic E-state index is 0.901. The van der Waals surface area contributed by atoms with Crippen molar-refractivity contribution in [3.63, 3.8) is 0 Å². The summed E-state index contributed by atoms with van der Waals surface area (Å²) >= 11 is 5.40. The van der Waals surface area contributed by atoms with Crippen LogP contribution in [0.15, 0.2) is 52.3 Å². The first-order valence-corrected chi connectivity index (χ1v) is 7.96. The molecule has 0 saturated heterocycles. The maximum absolute atomic E-state index is 5.38. The molecule has 0 saturated carbocycles. The molecule has 1 aromatic heterocycles. The summed E-state index contributed by atoms with van der Waals surface area (Å²) in [5.74, 6) is 0.901. The van der Waals surface area contributed by atoms with Crippen molar-refractivity contribution in [1.29, 1.82) is 0 Å². The summed E-state index contributed by atoms with van der Waals surface area (Å²) in [6.45, 7) is 0. The van der Waals surface area contributed by atoms with Gasteiger partial charge in [-0.1, -0.05) is 24.3 Å². The Kier molecular flexibility index (Phi) is 2.72. The Morgan fingerprint density at radius 1 is 0.850 bits per heavy atom. The van der Waals surface area contributed by atoms with E-state index in [9.17, 15) is 0 Å². The van der Waals surface area contributed by atoms with E-state index in [2.05, 4.69) is 58.4 Å². The zero-order valence-corrected chi connectivity index (χ0v) is 13.2. The monoisotopic (exact) mass is 342 g/mol. The largest absolute Gasteiger partial charge is 0.497 e. The third kappa shape index (κ3) is 1.67. The van der Waals surface area contributed by atoms with E-state index in [0.717, 1.165) is 5.75 Å². The molecule has 4 aromatic rings. The molecule has 3 aromatic carbocycles. The van der Waals surface area contributed by atoms with E-state index in [4.69, 9.17) is 4.74 Å². The molecule has 0 atom stereocenters. The van der Waals surface area contributed by atoms with Crippen LogP contribution in [0.25, 0.3) is 31.6 Å².